The van der Waals surface area contributed by atoms with Crippen LogP contribution in [-0.4, -0.2) is 7.28 Å². The van der Waals surface area contributed by atoms with Crippen molar-refractivity contribution in [2.45, 2.75) is 27.6 Å². The highest BCUT2D eigenvalue weighted by atomic mass is 14.0. The van der Waals surface area contributed by atoms with Gasteiger partial charge in [0.25, 0.3) is 0 Å². The second kappa shape index (κ2) is 8.48. The van der Waals surface area contributed by atoms with Crippen molar-refractivity contribution in [3.05, 3.63) is 99.6 Å². The Labute approximate surface area is 163 Å². The highest BCUT2D eigenvalue weighted by Crippen LogP contribution is 2.08. The molecule has 0 aromatic heterocycles. The summed E-state index contributed by atoms with van der Waals surface area (Å²) >= 11 is 0. The van der Waals surface area contributed by atoms with Crippen LogP contribution < -0.4 is 5.46 Å². The van der Waals surface area contributed by atoms with E-state index in [1.54, 1.807) is 0 Å². The summed E-state index contributed by atoms with van der Waals surface area (Å²) in [5.41, 5.74) is 9.16. The summed E-state index contributed by atoms with van der Waals surface area (Å²) in [5.74, 6) is 12.9. The van der Waals surface area contributed by atoms with Crippen LogP contribution in [0.1, 0.15) is 38.9 Å². The molecule has 3 aromatic carbocycles. The molecule has 0 N–H and O–H groups in total. The van der Waals surface area contributed by atoms with Gasteiger partial charge in [-0.3, -0.25) is 0 Å². The minimum atomic E-state index is 0.996. The molecule has 0 nitrogen and oxygen atoms in total. The van der Waals surface area contributed by atoms with Crippen molar-refractivity contribution in [3.8, 4) is 23.7 Å². The summed E-state index contributed by atoms with van der Waals surface area (Å²) in [6.07, 6.45) is 0. The van der Waals surface area contributed by atoms with E-state index in [0.29, 0.717) is 0 Å². The molecule has 27 heavy (non-hydrogen) atoms. The highest BCUT2D eigenvalue weighted by Gasteiger charge is 2.02. The smallest absolute Gasteiger partial charge is 0.0872 e. The molecule has 0 aliphatic carbocycles. The summed E-state index contributed by atoms with van der Waals surface area (Å²) in [6, 6.07) is 20.7. The number of benzene rings is 3. The van der Waals surface area contributed by atoms with E-state index in [-0.39, 0.29) is 0 Å². The molecule has 0 heterocycles. The molecule has 3 rings (SSSR count). The zero-order chi connectivity index (χ0) is 19.2. The summed E-state index contributed by atoms with van der Waals surface area (Å²) in [5, 5.41) is 0. The van der Waals surface area contributed by atoms with Gasteiger partial charge in [0.15, 0.2) is 0 Å². The van der Waals surface area contributed by atoms with Crippen LogP contribution in [0, 0.1) is 44.5 Å². The van der Waals surface area contributed by atoms with Crippen LogP contribution in [0.2, 0.25) is 6.82 Å². The molecule has 0 atom stereocenters. The lowest BCUT2D eigenvalue weighted by atomic mass is 9.68. The van der Waals surface area contributed by atoms with Gasteiger partial charge in [0.05, 0.1) is 0 Å². The predicted molar refractivity (Wildman–Crippen MR) is 117 cm³/mol. The van der Waals surface area contributed by atoms with Gasteiger partial charge in [0, 0.05) is 22.3 Å². The lowest BCUT2D eigenvalue weighted by molar-refractivity contribution is 1.41. The fraction of sp³-hybridized carbons (Fsp3) is 0.154. The number of hydrogen-bond acceptors (Lipinski definition) is 0. The summed E-state index contributed by atoms with van der Waals surface area (Å²) in [6.45, 7) is 8.42. The Hall–Kier alpha value is -3.16. The first-order valence-electron chi connectivity index (χ1n) is 9.16. The quantitative estimate of drug-likeness (QED) is 0.439. The first-order valence-corrected chi connectivity index (χ1v) is 9.16. The largest absolute Gasteiger partial charge is 0.148 e. The SMILES string of the molecule is C[B]c1c(C)cc(C#Cc2ccc(C#Cc3ccc(C)cc3)cc2)cc1C. The average molecular weight is 345 g/mol. The van der Waals surface area contributed by atoms with Gasteiger partial charge in [-0.25, -0.2) is 0 Å². The van der Waals surface area contributed by atoms with Crippen molar-refractivity contribution in [1.29, 1.82) is 0 Å². The third-order valence-electron chi connectivity index (χ3n) is 4.52. The summed E-state index contributed by atoms with van der Waals surface area (Å²) in [4.78, 5) is 0. The van der Waals surface area contributed by atoms with Gasteiger partial charge >= 0.3 is 0 Å². The fourth-order valence-corrected chi connectivity index (χ4v) is 3.06. The van der Waals surface area contributed by atoms with Gasteiger partial charge in [-0.1, -0.05) is 64.8 Å². The zero-order valence-corrected chi connectivity index (χ0v) is 16.4. The van der Waals surface area contributed by atoms with Gasteiger partial charge < -0.3 is 0 Å². The molecule has 3 aromatic rings. The first kappa shape index (κ1) is 18.6. The van der Waals surface area contributed by atoms with Crippen LogP contribution >= 0.6 is 0 Å². The lowest BCUT2D eigenvalue weighted by Gasteiger charge is -2.07. The maximum atomic E-state index is 3.28. The Morgan fingerprint density at radius 3 is 1.33 bits per heavy atom. The number of hydrogen-bond donors (Lipinski definition) is 0. The molecular weight excluding hydrogens is 323 g/mol. The Bertz CT molecular complexity index is 1040. The topological polar surface area (TPSA) is 0 Å². The summed E-state index contributed by atoms with van der Waals surface area (Å²) in [7, 11) is 2.15. The van der Waals surface area contributed by atoms with E-state index in [0.717, 1.165) is 22.3 Å². The Morgan fingerprint density at radius 2 is 0.926 bits per heavy atom. The molecule has 0 fully saturated rings. The van der Waals surface area contributed by atoms with E-state index in [1.165, 1.54) is 22.2 Å². The van der Waals surface area contributed by atoms with Crippen molar-refractivity contribution in [1.82, 2.24) is 0 Å². The molecule has 0 unspecified atom stereocenters. The molecule has 1 heteroatoms. The molecule has 129 valence electrons. The Balaban J connectivity index is 1.76. The van der Waals surface area contributed by atoms with Crippen LogP contribution in [0.3, 0.4) is 0 Å². The molecule has 1 radical (unpaired) electrons. The van der Waals surface area contributed by atoms with Crippen molar-refractivity contribution in [2.24, 2.45) is 0 Å². The van der Waals surface area contributed by atoms with Gasteiger partial charge in [0.1, 0.15) is 7.28 Å². The standard InChI is InChI=1S/C26H22B/c1-19-5-7-22(8-6-19)9-10-23-11-13-24(14-12-23)15-16-25-17-20(2)26(27-4)21(3)18-25/h5-8,11-14,17-18H,1-4H3. The van der Waals surface area contributed by atoms with Crippen molar-refractivity contribution >= 4 is 12.7 Å². The average Bonchev–Trinajstić information content (AvgIpc) is 2.66. The van der Waals surface area contributed by atoms with Crippen LogP contribution in [0.15, 0.2) is 60.7 Å². The second-order valence-corrected chi connectivity index (χ2v) is 6.76. The van der Waals surface area contributed by atoms with Crippen LogP contribution in [0.4, 0.5) is 0 Å². The van der Waals surface area contributed by atoms with E-state index < -0.39 is 0 Å². The normalized spacial score (nSPS) is 9.63. The van der Waals surface area contributed by atoms with Gasteiger partial charge in [-0.2, -0.15) is 0 Å². The van der Waals surface area contributed by atoms with Crippen molar-refractivity contribution in [2.75, 3.05) is 0 Å². The molecular formula is C26H22B. The molecule has 0 amide bonds. The minimum absolute atomic E-state index is 0.996. The number of rotatable bonds is 1. The Morgan fingerprint density at radius 1 is 0.556 bits per heavy atom. The highest BCUT2D eigenvalue weighted by molar-refractivity contribution is 6.53. The van der Waals surface area contributed by atoms with E-state index in [9.17, 15) is 0 Å². The lowest BCUT2D eigenvalue weighted by Crippen LogP contribution is -2.18. The molecule has 0 saturated carbocycles. The maximum absolute atomic E-state index is 3.28. The van der Waals surface area contributed by atoms with Crippen LogP contribution in [0.5, 0.6) is 0 Å². The van der Waals surface area contributed by atoms with Crippen LogP contribution in [0.25, 0.3) is 0 Å². The fourth-order valence-electron chi connectivity index (χ4n) is 3.06. The monoisotopic (exact) mass is 345 g/mol. The minimum Gasteiger partial charge on any atom is -0.0872 e. The third kappa shape index (κ3) is 4.94. The van der Waals surface area contributed by atoms with E-state index in [4.69, 9.17) is 0 Å². The van der Waals surface area contributed by atoms with Crippen molar-refractivity contribution in [3.63, 3.8) is 0 Å². The van der Waals surface area contributed by atoms with E-state index in [1.807, 2.05) is 36.4 Å². The Kier molecular flexibility index (Phi) is 5.85. The van der Waals surface area contributed by atoms with Crippen LogP contribution in [-0.2, 0) is 0 Å². The maximum Gasteiger partial charge on any atom is 0.148 e. The molecule has 0 bridgehead atoms. The third-order valence-corrected chi connectivity index (χ3v) is 4.52. The van der Waals surface area contributed by atoms with Crippen molar-refractivity contribution < 1.29 is 0 Å². The first-order chi connectivity index (χ1) is 13.0. The molecule has 0 aliphatic heterocycles. The van der Waals surface area contributed by atoms with Gasteiger partial charge in [-0.05, 0) is 69.3 Å². The molecule has 0 spiro atoms. The molecule has 0 aliphatic rings. The molecule has 0 saturated heterocycles. The van der Waals surface area contributed by atoms with Gasteiger partial charge in [-0.15, -0.1) is 0 Å². The summed E-state index contributed by atoms with van der Waals surface area (Å²) < 4.78 is 0. The van der Waals surface area contributed by atoms with Gasteiger partial charge in [0.2, 0.25) is 0 Å². The van der Waals surface area contributed by atoms with E-state index in [2.05, 4.69) is 82.8 Å². The predicted octanol–water partition coefficient (Wildman–Crippen LogP) is 4.79. The second-order valence-electron chi connectivity index (χ2n) is 6.76. The van der Waals surface area contributed by atoms with E-state index >= 15 is 0 Å². The number of aryl methyl sites for hydroxylation is 3. The zero-order valence-electron chi connectivity index (χ0n) is 16.4.